The third kappa shape index (κ3) is 5.90. The van der Waals surface area contributed by atoms with Crippen LogP contribution < -0.4 is 4.90 Å². The van der Waals surface area contributed by atoms with Gasteiger partial charge in [0.25, 0.3) is 0 Å². The number of fused-ring (bicyclic) bond motifs is 8. The Hall–Kier alpha value is -7.31. The number of benzene rings is 9. The summed E-state index contributed by atoms with van der Waals surface area (Å²) in [5, 5.41) is 5.82. The lowest BCUT2D eigenvalue weighted by atomic mass is 10.0. The molecule has 282 valence electrons. The van der Waals surface area contributed by atoms with Gasteiger partial charge in [-0.2, -0.15) is 0 Å². The molecule has 0 fully saturated rings. The highest BCUT2D eigenvalue weighted by atomic mass is 32.1. The summed E-state index contributed by atoms with van der Waals surface area (Å²) in [6, 6.07) is 73.8. The van der Waals surface area contributed by atoms with E-state index >= 15 is 0 Å². The Kier molecular flexibility index (Phi) is 8.22. The Labute approximate surface area is 354 Å². The van der Waals surface area contributed by atoms with Crippen LogP contribution in [0.1, 0.15) is 0 Å². The van der Waals surface area contributed by atoms with Crippen molar-refractivity contribution in [2.75, 3.05) is 4.90 Å². The molecule has 0 unspecified atom stereocenters. The van der Waals surface area contributed by atoms with Gasteiger partial charge >= 0.3 is 0 Å². The topological polar surface area (TPSA) is 29.3 Å². The molecular formula is C55H34N2OS2. The van der Waals surface area contributed by atoms with Crippen LogP contribution in [0.3, 0.4) is 0 Å². The third-order valence-electron chi connectivity index (χ3n) is 11.5. The lowest BCUT2D eigenvalue weighted by Crippen LogP contribution is -2.10. The highest BCUT2D eigenvalue weighted by Gasteiger charge is 2.18. The van der Waals surface area contributed by atoms with Crippen LogP contribution in [0, 0.1) is 0 Å². The van der Waals surface area contributed by atoms with Crippen LogP contribution in [0.4, 0.5) is 17.1 Å². The molecule has 5 heteroatoms. The predicted molar refractivity (Wildman–Crippen MR) is 256 cm³/mol. The van der Waals surface area contributed by atoms with E-state index in [2.05, 4.69) is 199 Å². The number of para-hydroxylation sites is 2. The molecule has 9 aromatic carbocycles. The Bertz CT molecular complexity index is 3530. The van der Waals surface area contributed by atoms with Crippen molar-refractivity contribution >= 4 is 92.1 Å². The minimum absolute atomic E-state index is 0.905. The van der Waals surface area contributed by atoms with Gasteiger partial charge in [0, 0.05) is 59.1 Å². The van der Waals surface area contributed by atoms with Gasteiger partial charge in [-0.15, -0.1) is 22.7 Å². The number of rotatable bonds is 7. The molecule has 3 nitrogen and oxygen atoms in total. The maximum Gasteiger partial charge on any atom is 0.143 e. The van der Waals surface area contributed by atoms with Crippen molar-refractivity contribution in [3.8, 4) is 44.0 Å². The van der Waals surface area contributed by atoms with Gasteiger partial charge in [0.05, 0.1) is 10.2 Å². The van der Waals surface area contributed by atoms with Gasteiger partial charge in [0.1, 0.15) is 16.2 Å². The molecule has 0 radical (unpaired) electrons. The van der Waals surface area contributed by atoms with Gasteiger partial charge in [-0.25, -0.2) is 4.98 Å². The number of nitrogens with zero attached hydrogens (tertiary/aromatic N) is 2. The molecule has 3 aromatic heterocycles. The first kappa shape index (κ1) is 34.7. The summed E-state index contributed by atoms with van der Waals surface area (Å²) in [6.07, 6.45) is 0. The van der Waals surface area contributed by atoms with Crippen LogP contribution in [0.25, 0.3) is 96.3 Å². The molecule has 12 rings (SSSR count). The maximum absolute atomic E-state index is 6.42. The molecule has 0 saturated heterocycles. The second-order valence-electron chi connectivity index (χ2n) is 15.1. The molecule has 0 bridgehead atoms. The molecule has 60 heavy (non-hydrogen) atoms. The molecule has 0 N–H and O–H groups in total. The lowest BCUT2D eigenvalue weighted by molar-refractivity contribution is 0.670. The number of hydrogen-bond acceptors (Lipinski definition) is 5. The first-order valence-corrected chi connectivity index (χ1v) is 21.7. The zero-order valence-corrected chi connectivity index (χ0v) is 33.9. The first-order chi connectivity index (χ1) is 29.7. The van der Waals surface area contributed by atoms with E-state index in [1.807, 2.05) is 23.5 Å². The Morgan fingerprint density at radius 1 is 0.383 bits per heavy atom. The molecule has 0 spiro atoms. The maximum atomic E-state index is 6.42. The zero-order chi connectivity index (χ0) is 39.6. The van der Waals surface area contributed by atoms with Gasteiger partial charge in [-0.05, 0) is 94.5 Å². The van der Waals surface area contributed by atoms with Crippen LogP contribution in [0.15, 0.2) is 211 Å². The molecule has 0 atom stereocenters. The minimum atomic E-state index is 0.905. The lowest BCUT2D eigenvalue weighted by Gasteiger charge is -2.26. The average molecular weight is 803 g/mol. The van der Waals surface area contributed by atoms with Crippen LogP contribution in [-0.4, -0.2) is 4.98 Å². The summed E-state index contributed by atoms with van der Waals surface area (Å²) < 4.78 is 10.2. The van der Waals surface area contributed by atoms with Crippen molar-refractivity contribution in [1.29, 1.82) is 0 Å². The Morgan fingerprint density at radius 3 is 1.78 bits per heavy atom. The van der Waals surface area contributed by atoms with Crippen molar-refractivity contribution < 1.29 is 4.42 Å². The number of furan rings is 1. The highest BCUT2D eigenvalue weighted by molar-refractivity contribution is 7.26. The average Bonchev–Trinajstić information content (AvgIpc) is 4.04. The fourth-order valence-electron chi connectivity index (χ4n) is 8.61. The molecule has 0 aliphatic rings. The fraction of sp³-hybridized carbons (Fsp3) is 0. The smallest absolute Gasteiger partial charge is 0.143 e. The van der Waals surface area contributed by atoms with Crippen LogP contribution in [-0.2, 0) is 0 Å². The second kappa shape index (κ2) is 14.2. The summed E-state index contributed by atoms with van der Waals surface area (Å²) in [4.78, 5) is 7.56. The SMILES string of the molecule is c1ccc(-c2cccc(N(c3ccc(-c4ccc5sc6ccc7sc(-c8ccccc8)nc7c6c5c4)cc3)c3ccc(-c4cccc5c4oc4ccccc45)cc3)c2)cc1. The first-order valence-electron chi connectivity index (χ1n) is 20.1. The van der Waals surface area contributed by atoms with Crippen molar-refractivity contribution in [3.63, 3.8) is 0 Å². The van der Waals surface area contributed by atoms with E-state index in [0.717, 1.165) is 66.2 Å². The molecule has 0 aliphatic carbocycles. The highest BCUT2D eigenvalue weighted by Crippen LogP contribution is 2.44. The van der Waals surface area contributed by atoms with Gasteiger partial charge < -0.3 is 9.32 Å². The molecule has 0 saturated carbocycles. The van der Waals surface area contributed by atoms with E-state index < -0.39 is 0 Å². The summed E-state index contributed by atoms with van der Waals surface area (Å²) in [7, 11) is 0. The van der Waals surface area contributed by atoms with E-state index in [1.54, 1.807) is 11.3 Å². The second-order valence-corrected chi connectivity index (χ2v) is 17.2. The summed E-state index contributed by atoms with van der Waals surface area (Å²) in [6.45, 7) is 0. The number of thiophene rings is 1. The van der Waals surface area contributed by atoms with Crippen LogP contribution in [0.2, 0.25) is 0 Å². The van der Waals surface area contributed by atoms with E-state index in [1.165, 1.54) is 47.1 Å². The quantitative estimate of drug-likeness (QED) is 0.161. The number of hydrogen-bond donors (Lipinski definition) is 0. The van der Waals surface area contributed by atoms with Gasteiger partial charge in [0.15, 0.2) is 0 Å². The molecule has 0 aliphatic heterocycles. The van der Waals surface area contributed by atoms with Gasteiger partial charge in [0.2, 0.25) is 0 Å². The Morgan fingerprint density at radius 2 is 0.983 bits per heavy atom. The van der Waals surface area contributed by atoms with Crippen molar-refractivity contribution in [1.82, 2.24) is 4.98 Å². The van der Waals surface area contributed by atoms with E-state index in [4.69, 9.17) is 9.40 Å². The van der Waals surface area contributed by atoms with Crippen LogP contribution in [0.5, 0.6) is 0 Å². The summed E-state index contributed by atoms with van der Waals surface area (Å²) in [5.74, 6) is 0. The minimum Gasteiger partial charge on any atom is -0.455 e. The normalized spacial score (nSPS) is 11.7. The van der Waals surface area contributed by atoms with E-state index in [9.17, 15) is 0 Å². The Balaban J connectivity index is 0.939. The zero-order valence-electron chi connectivity index (χ0n) is 32.2. The van der Waals surface area contributed by atoms with Gasteiger partial charge in [-0.3, -0.25) is 0 Å². The molecular weight excluding hydrogens is 769 g/mol. The van der Waals surface area contributed by atoms with E-state index in [-0.39, 0.29) is 0 Å². The standard InChI is InChI=1S/C55H34N2OS2/c1-3-11-35(12-4-1)39-15-9-16-43(33-39)57(42-28-23-37(24-29-42)44-18-10-19-46-45-17-7-8-20-48(45)58-54(44)46)41-26-21-36(22-27-41)40-25-30-49-47(34-40)52-50(59-49)31-32-51-53(52)56-55(60-51)38-13-5-2-6-14-38/h1-34H. The fourth-order valence-corrected chi connectivity index (χ4v) is 10.7. The molecule has 3 heterocycles. The number of thiazole rings is 1. The predicted octanol–water partition coefficient (Wildman–Crippen LogP) is 16.7. The van der Waals surface area contributed by atoms with Crippen molar-refractivity contribution in [2.24, 2.45) is 0 Å². The summed E-state index contributed by atoms with van der Waals surface area (Å²) in [5.41, 5.74) is 14.2. The third-order valence-corrected chi connectivity index (χ3v) is 13.7. The largest absolute Gasteiger partial charge is 0.455 e. The monoisotopic (exact) mass is 802 g/mol. The van der Waals surface area contributed by atoms with Gasteiger partial charge in [-0.1, -0.05) is 140 Å². The molecule has 0 amide bonds. The van der Waals surface area contributed by atoms with Crippen LogP contribution >= 0.6 is 22.7 Å². The van der Waals surface area contributed by atoms with Crippen molar-refractivity contribution in [2.45, 2.75) is 0 Å². The summed E-state index contributed by atoms with van der Waals surface area (Å²) >= 11 is 3.60. The molecule has 12 aromatic rings. The number of aromatic nitrogens is 1. The van der Waals surface area contributed by atoms with Crippen molar-refractivity contribution in [3.05, 3.63) is 206 Å². The van der Waals surface area contributed by atoms with E-state index in [0.29, 0.717) is 0 Å². The number of anilines is 3.